The van der Waals surface area contributed by atoms with Crippen molar-refractivity contribution in [3.8, 4) is 0 Å². The molecule has 0 radical (unpaired) electrons. The molecule has 2 N–H and O–H groups in total. The number of benzene rings is 2. The number of fused-ring (bicyclic) bond motifs is 1. The van der Waals surface area contributed by atoms with Crippen LogP contribution in [-0.2, 0) is 11.3 Å². The highest BCUT2D eigenvalue weighted by atomic mass is 16.2. The summed E-state index contributed by atoms with van der Waals surface area (Å²) in [5.74, 6) is -0.0426. The van der Waals surface area contributed by atoms with Crippen LogP contribution in [0.25, 0.3) is 10.8 Å². The maximum atomic E-state index is 11.4. The van der Waals surface area contributed by atoms with Crippen LogP contribution in [0.3, 0.4) is 0 Å². The summed E-state index contributed by atoms with van der Waals surface area (Å²) in [5.41, 5.74) is 7.72. The molecule has 0 saturated carbocycles. The molecule has 0 aliphatic heterocycles. The molecule has 1 amide bonds. The number of nitrogens with zero attached hydrogens (tertiary/aromatic N) is 1. The second-order valence-electron chi connectivity index (χ2n) is 4.64. The van der Waals surface area contributed by atoms with Crippen molar-refractivity contribution in [1.29, 1.82) is 0 Å². The van der Waals surface area contributed by atoms with Crippen LogP contribution in [0.1, 0.15) is 11.1 Å². The summed E-state index contributed by atoms with van der Waals surface area (Å²) in [6, 6.07) is 12.6. The Balaban J connectivity index is 2.25. The summed E-state index contributed by atoms with van der Waals surface area (Å²) in [6.07, 6.45) is 0. The SMILES string of the molecule is Cc1ccc2cc(CN(C)C(=O)CN)ccc2c1. The van der Waals surface area contributed by atoms with E-state index in [0.717, 1.165) is 5.56 Å². The molecule has 0 aliphatic carbocycles. The van der Waals surface area contributed by atoms with Gasteiger partial charge in [0.2, 0.25) is 5.91 Å². The number of amides is 1. The van der Waals surface area contributed by atoms with Gasteiger partial charge in [0.05, 0.1) is 6.54 Å². The van der Waals surface area contributed by atoms with E-state index in [1.165, 1.54) is 16.3 Å². The molecule has 0 saturated heterocycles. The van der Waals surface area contributed by atoms with Crippen LogP contribution < -0.4 is 5.73 Å². The standard InChI is InChI=1S/C15H18N2O/c1-11-3-5-14-8-12(4-6-13(14)7-11)10-17(2)15(18)9-16/h3-8H,9-10,16H2,1-2H3. The third kappa shape index (κ3) is 2.68. The van der Waals surface area contributed by atoms with Gasteiger partial charge in [-0.05, 0) is 29.3 Å². The van der Waals surface area contributed by atoms with Crippen LogP contribution in [0.15, 0.2) is 36.4 Å². The van der Waals surface area contributed by atoms with E-state index in [0.29, 0.717) is 6.54 Å². The van der Waals surface area contributed by atoms with E-state index in [-0.39, 0.29) is 12.5 Å². The minimum absolute atomic E-state index is 0.0426. The topological polar surface area (TPSA) is 46.3 Å². The second-order valence-corrected chi connectivity index (χ2v) is 4.64. The van der Waals surface area contributed by atoms with E-state index in [1.54, 1.807) is 11.9 Å². The maximum Gasteiger partial charge on any atom is 0.236 e. The molecule has 2 aromatic carbocycles. The highest BCUT2D eigenvalue weighted by Gasteiger charge is 2.07. The lowest BCUT2D eigenvalue weighted by Crippen LogP contribution is -2.32. The molecule has 0 aromatic heterocycles. The zero-order valence-electron chi connectivity index (χ0n) is 10.8. The summed E-state index contributed by atoms with van der Waals surface area (Å²) >= 11 is 0. The molecule has 0 spiro atoms. The average molecular weight is 242 g/mol. The summed E-state index contributed by atoms with van der Waals surface area (Å²) in [6.45, 7) is 2.74. The zero-order valence-corrected chi connectivity index (χ0v) is 10.8. The Morgan fingerprint density at radius 3 is 2.56 bits per heavy atom. The fourth-order valence-corrected chi connectivity index (χ4v) is 2.03. The Kier molecular flexibility index (Phi) is 3.63. The van der Waals surface area contributed by atoms with Crippen LogP contribution in [0.5, 0.6) is 0 Å². The lowest BCUT2D eigenvalue weighted by molar-refractivity contribution is -0.128. The lowest BCUT2D eigenvalue weighted by Gasteiger charge is -2.16. The zero-order chi connectivity index (χ0) is 13.1. The lowest BCUT2D eigenvalue weighted by atomic mass is 10.0. The van der Waals surface area contributed by atoms with E-state index >= 15 is 0 Å². The number of carbonyl (C=O) groups excluding carboxylic acids is 1. The van der Waals surface area contributed by atoms with Crippen molar-refractivity contribution < 1.29 is 4.79 Å². The first kappa shape index (κ1) is 12.6. The van der Waals surface area contributed by atoms with Gasteiger partial charge in [-0.25, -0.2) is 0 Å². The Morgan fingerprint density at radius 2 is 1.83 bits per heavy atom. The van der Waals surface area contributed by atoms with Gasteiger partial charge in [-0.2, -0.15) is 0 Å². The molecule has 0 aliphatic rings. The molecule has 0 fully saturated rings. The van der Waals surface area contributed by atoms with E-state index in [4.69, 9.17) is 5.73 Å². The van der Waals surface area contributed by atoms with E-state index in [1.807, 2.05) is 0 Å². The van der Waals surface area contributed by atoms with Crippen molar-refractivity contribution in [2.75, 3.05) is 13.6 Å². The first-order valence-corrected chi connectivity index (χ1v) is 6.03. The molecule has 2 rings (SSSR count). The minimum atomic E-state index is -0.0426. The van der Waals surface area contributed by atoms with Crippen molar-refractivity contribution in [2.45, 2.75) is 13.5 Å². The first-order valence-electron chi connectivity index (χ1n) is 6.03. The van der Waals surface area contributed by atoms with E-state index in [2.05, 4.69) is 43.3 Å². The highest BCUT2D eigenvalue weighted by molar-refractivity contribution is 5.84. The average Bonchev–Trinajstić information content (AvgIpc) is 2.38. The predicted molar refractivity (Wildman–Crippen MR) is 74.2 cm³/mol. The van der Waals surface area contributed by atoms with Gasteiger partial charge in [0.15, 0.2) is 0 Å². The molecular weight excluding hydrogens is 224 g/mol. The van der Waals surface area contributed by atoms with Crippen molar-refractivity contribution in [3.63, 3.8) is 0 Å². The molecule has 0 bridgehead atoms. The molecular formula is C15H18N2O. The maximum absolute atomic E-state index is 11.4. The van der Waals surface area contributed by atoms with Crippen LogP contribution in [0, 0.1) is 6.92 Å². The fraction of sp³-hybridized carbons (Fsp3) is 0.267. The summed E-state index contributed by atoms with van der Waals surface area (Å²) in [7, 11) is 1.77. The molecule has 3 nitrogen and oxygen atoms in total. The minimum Gasteiger partial charge on any atom is -0.340 e. The van der Waals surface area contributed by atoms with E-state index < -0.39 is 0 Å². The van der Waals surface area contributed by atoms with Crippen molar-refractivity contribution in [1.82, 2.24) is 4.90 Å². The number of nitrogens with two attached hydrogens (primary N) is 1. The number of carbonyl (C=O) groups is 1. The Bertz CT molecular complexity index is 578. The molecule has 0 unspecified atom stereocenters. The molecule has 3 heteroatoms. The Labute approximate surface area is 107 Å². The van der Waals surface area contributed by atoms with Gasteiger partial charge in [-0.1, -0.05) is 35.9 Å². The highest BCUT2D eigenvalue weighted by Crippen LogP contribution is 2.18. The van der Waals surface area contributed by atoms with Crippen LogP contribution in [0.2, 0.25) is 0 Å². The van der Waals surface area contributed by atoms with Gasteiger partial charge in [0.1, 0.15) is 0 Å². The van der Waals surface area contributed by atoms with Crippen molar-refractivity contribution in [3.05, 3.63) is 47.5 Å². The van der Waals surface area contributed by atoms with Gasteiger partial charge in [0, 0.05) is 13.6 Å². The fourth-order valence-electron chi connectivity index (χ4n) is 2.03. The number of aryl methyl sites for hydroxylation is 1. The van der Waals surface area contributed by atoms with Gasteiger partial charge in [-0.15, -0.1) is 0 Å². The molecule has 94 valence electrons. The molecule has 0 heterocycles. The Morgan fingerprint density at radius 1 is 1.17 bits per heavy atom. The molecule has 2 aromatic rings. The van der Waals surface area contributed by atoms with Gasteiger partial charge < -0.3 is 10.6 Å². The van der Waals surface area contributed by atoms with Crippen molar-refractivity contribution in [2.24, 2.45) is 5.73 Å². The molecule has 0 atom stereocenters. The van der Waals surface area contributed by atoms with Crippen LogP contribution in [0.4, 0.5) is 0 Å². The summed E-state index contributed by atoms with van der Waals surface area (Å²) in [5, 5.41) is 2.43. The monoisotopic (exact) mass is 242 g/mol. The molecule has 18 heavy (non-hydrogen) atoms. The number of rotatable bonds is 3. The van der Waals surface area contributed by atoms with Crippen LogP contribution in [-0.4, -0.2) is 24.4 Å². The normalized spacial score (nSPS) is 10.6. The smallest absolute Gasteiger partial charge is 0.236 e. The van der Waals surface area contributed by atoms with Gasteiger partial charge >= 0.3 is 0 Å². The number of hydrogen-bond donors (Lipinski definition) is 1. The Hall–Kier alpha value is -1.87. The van der Waals surface area contributed by atoms with Gasteiger partial charge in [0.25, 0.3) is 0 Å². The second kappa shape index (κ2) is 5.19. The van der Waals surface area contributed by atoms with E-state index in [9.17, 15) is 4.79 Å². The third-order valence-electron chi connectivity index (χ3n) is 3.08. The first-order chi connectivity index (χ1) is 8.60. The summed E-state index contributed by atoms with van der Waals surface area (Å²) < 4.78 is 0. The van der Waals surface area contributed by atoms with Gasteiger partial charge in [-0.3, -0.25) is 4.79 Å². The van der Waals surface area contributed by atoms with Crippen LogP contribution >= 0.6 is 0 Å². The number of hydrogen-bond acceptors (Lipinski definition) is 2. The summed E-state index contributed by atoms with van der Waals surface area (Å²) in [4.78, 5) is 13.1. The number of likely N-dealkylation sites (N-methyl/N-ethyl adjacent to an activating group) is 1. The van der Waals surface area contributed by atoms with Crippen molar-refractivity contribution >= 4 is 16.7 Å². The largest absolute Gasteiger partial charge is 0.340 e. The quantitative estimate of drug-likeness (QED) is 0.895. The third-order valence-corrected chi connectivity index (χ3v) is 3.08. The predicted octanol–water partition coefficient (Wildman–Crippen LogP) is 2.07.